The maximum Gasteiger partial charge on any atom is 0.416 e. The number of amides is 1. The lowest BCUT2D eigenvalue weighted by molar-refractivity contribution is -0.144. The van der Waals surface area contributed by atoms with Gasteiger partial charge >= 0.3 is 12.4 Å². The maximum absolute atomic E-state index is 13.4. The summed E-state index contributed by atoms with van der Waals surface area (Å²) in [7, 11) is 1.56. The molecule has 0 saturated carbocycles. The van der Waals surface area contributed by atoms with E-state index in [-0.39, 0.29) is 23.6 Å². The Morgan fingerprint density at radius 2 is 1.50 bits per heavy atom. The van der Waals surface area contributed by atoms with Crippen LogP contribution >= 0.6 is 0 Å². The number of benzene rings is 1. The summed E-state index contributed by atoms with van der Waals surface area (Å²) in [6, 6.07) is 1.09. The number of likely N-dealkylation sites (N-methyl/N-ethyl adjacent to an activating group) is 1. The van der Waals surface area contributed by atoms with E-state index >= 15 is 0 Å². The molecule has 9 heteroatoms. The van der Waals surface area contributed by atoms with Gasteiger partial charge < -0.3 is 10.2 Å². The molecule has 1 aliphatic carbocycles. The summed E-state index contributed by atoms with van der Waals surface area (Å²) in [6.07, 6.45) is -1.94. The smallest absolute Gasteiger partial charge is 0.340 e. The van der Waals surface area contributed by atoms with Crippen LogP contribution in [0.5, 0.6) is 0 Å². The molecule has 176 valence electrons. The van der Waals surface area contributed by atoms with Gasteiger partial charge in [-0.3, -0.25) is 4.79 Å². The average Bonchev–Trinajstić information content (AvgIpc) is 3.21. The van der Waals surface area contributed by atoms with Gasteiger partial charge in [0.2, 0.25) is 5.91 Å². The number of carbonyl (C=O) groups excluding carboxylic acids is 1. The highest BCUT2D eigenvalue weighted by Crippen LogP contribution is 2.40. The fourth-order valence-electron chi connectivity index (χ4n) is 4.35. The van der Waals surface area contributed by atoms with Gasteiger partial charge in [-0.25, -0.2) is 0 Å². The van der Waals surface area contributed by atoms with E-state index in [0.29, 0.717) is 25.2 Å². The average molecular weight is 460 g/mol. The van der Waals surface area contributed by atoms with Crippen molar-refractivity contribution < 1.29 is 31.1 Å². The van der Waals surface area contributed by atoms with Crippen molar-refractivity contribution in [3.05, 3.63) is 58.7 Å². The Morgan fingerprint density at radius 1 is 0.938 bits per heavy atom. The molecule has 32 heavy (non-hydrogen) atoms. The summed E-state index contributed by atoms with van der Waals surface area (Å²) in [5.41, 5.74) is -3.69. The van der Waals surface area contributed by atoms with Crippen molar-refractivity contribution in [3.8, 4) is 0 Å². The van der Waals surface area contributed by atoms with Crippen molar-refractivity contribution in [1.82, 2.24) is 10.2 Å². The van der Waals surface area contributed by atoms with E-state index in [1.165, 1.54) is 18.7 Å². The first kappa shape index (κ1) is 24.4. The lowest BCUT2D eigenvalue weighted by Gasteiger charge is -2.36. The first-order valence-electron chi connectivity index (χ1n) is 10.4. The molecule has 1 aromatic carbocycles. The van der Waals surface area contributed by atoms with E-state index in [2.05, 4.69) is 17.5 Å². The number of allylic oxidation sites excluding steroid dienone is 3. The number of rotatable bonds is 4. The van der Waals surface area contributed by atoms with Crippen LogP contribution in [0, 0.1) is 5.92 Å². The third-order valence-electron chi connectivity index (χ3n) is 6.30. The highest BCUT2D eigenvalue weighted by Gasteiger charge is 2.43. The van der Waals surface area contributed by atoms with E-state index in [9.17, 15) is 31.1 Å². The van der Waals surface area contributed by atoms with Crippen LogP contribution in [0.3, 0.4) is 0 Å². The van der Waals surface area contributed by atoms with E-state index < -0.39 is 34.8 Å². The fourth-order valence-corrected chi connectivity index (χ4v) is 4.35. The normalized spacial score (nSPS) is 22.1. The molecule has 0 aromatic heterocycles. The maximum atomic E-state index is 13.4. The van der Waals surface area contributed by atoms with Crippen LogP contribution < -0.4 is 5.32 Å². The molecular formula is C23H26F6N2O. The first-order chi connectivity index (χ1) is 14.7. The fraction of sp³-hybridized carbons (Fsp3) is 0.522. The van der Waals surface area contributed by atoms with Gasteiger partial charge in [-0.05, 0) is 56.0 Å². The Kier molecular flexibility index (Phi) is 6.52. The van der Waals surface area contributed by atoms with E-state index in [4.69, 9.17) is 0 Å². The van der Waals surface area contributed by atoms with Crippen LogP contribution in [0.2, 0.25) is 0 Å². The third kappa shape index (κ3) is 4.87. The molecule has 1 saturated heterocycles. The minimum absolute atomic E-state index is 0.00328. The lowest BCUT2D eigenvalue weighted by Crippen LogP contribution is -2.49. The number of hydrogen-bond donors (Lipinski definition) is 1. The zero-order valence-electron chi connectivity index (χ0n) is 18.1. The monoisotopic (exact) mass is 460 g/mol. The van der Waals surface area contributed by atoms with Crippen molar-refractivity contribution in [2.45, 2.75) is 50.5 Å². The summed E-state index contributed by atoms with van der Waals surface area (Å²) >= 11 is 0. The minimum atomic E-state index is -4.97. The second kappa shape index (κ2) is 8.57. The molecule has 1 N–H and O–H groups in total. The summed E-state index contributed by atoms with van der Waals surface area (Å²) in [5.74, 6) is -0.535. The number of halogens is 6. The Labute approximate surface area is 183 Å². The molecule has 2 aliphatic rings. The van der Waals surface area contributed by atoms with E-state index in [1.807, 2.05) is 6.08 Å². The van der Waals surface area contributed by atoms with Crippen LogP contribution in [-0.2, 0) is 22.6 Å². The predicted octanol–water partition coefficient (Wildman–Crippen LogP) is 5.32. The molecule has 2 atom stereocenters. The molecule has 1 heterocycles. The van der Waals surface area contributed by atoms with Crippen molar-refractivity contribution in [2.24, 2.45) is 5.92 Å². The first-order valence-corrected chi connectivity index (χ1v) is 10.4. The van der Waals surface area contributed by atoms with Crippen LogP contribution in [0.1, 0.15) is 43.4 Å². The van der Waals surface area contributed by atoms with Crippen molar-refractivity contribution in [2.75, 3.05) is 20.1 Å². The van der Waals surface area contributed by atoms with Gasteiger partial charge in [-0.1, -0.05) is 18.2 Å². The van der Waals surface area contributed by atoms with Gasteiger partial charge in [0.1, 0.15) is 0 Å². The Balaban J connectivity index is 1.95. The molecule has 1 amide bonds. The van der Waals surface area contributed by atoms with Crippen LogP contribution in [-0.4, -0.2) is 37.0 Å². The van der Waals surface area contributed by atoms with Gasteiger partial charge in [-0.2, -0.15) is 26.3 Å². The zero-order chi connectivity index (χ0) is 23.9. The molecule has 3 rings (SSSR count). The number of nitrogens with zero attached hydrogens (tertiary/aromatic N) is 1. The third-order valence-corrected chi connectivity index (χ3v) is 6.30. The SMILES string of the molecule is CN(C(=O)C(C)(C)c1cc(C(F)(F)F)cc(C(F)(F)F)c1)[C@@H]1CNC[C@H]1C1=CCCC=C1. The van der Waals surface area contributed by atoms with Crippen LogP contribution in [0.15, 0.2) is 42.0 Å². The highest BCUT2D eigenvalue weighted by atomic mass is 19.4. The molecule has 1 fully saturated rings. The molecule has 0 unspecified atom stereocenters. The Morgan fingerprint density at radius 3 is 2.00 bits per heavy atom. The summed E-state index contributed by atoms with van der Waals surface area (Å²) in [4.78, 5) is 14.9. The molecule has 1 aromatic rings. The van der Waals surface area contributed by atoms with Gasteiger partial charge in [-0.15, -0.1) is 0 Å². The Bertz CT molecular complexity index is 897. The van der Waals surface area contributed by atoms with Crippen LogP contribution in [0.25, 0.3) is 0 Å². The van der Waals surface area contributed by atoms with Crippen molar-refractivity contribution in [1.29, 1.82) is 0 Å². The lowest BCUT2D eigenvalue weighted by atomic mass is 9.80. The van der Waals surface area contributed by atoms with Crippen molar-refractivity contribution in [3.63, 3.8) is 0 Å². The molecular weight excluding hydrogens is 434 g/mol. The summed E-state index contributed by atoms with van der Waals surface area (Å²) in [5, 5.41) is 3.24. The second-order valence-electron chi connectivity index (χ2n) is 8.85. The molecule has 0 spiro atoms. The minimum Gasteiger partial charge on any atom is -0.340 e. The molecule has 0 radical (unpaired) electrons. The number of alkyl halides is 6. The largest absolute Gasteiger partial charge is 0.416 e. The second-order valence-corrected chi connectivity index (χ2v) is 8.85. The van der Waals surface area contributed by atoms with Crippen LogP contribution in [0.4, 0.5) is 26.3 Å². The number of nitrogens with one attached hydrogen (secondary N) is 1. The van der Waals surface area contributed by atoms with E-state index in [1.54, 1.807) is 7.05 Å². The molecule has 0 bridgehead atoms. The standard InChI is InChI=1S/C23H26F6N2O/c1-21(2,15-9-16(22(24,25)26)11-17(10-15)23(27,28)29)20(32)31(3)19-13-30-12-18(19)14-7-5-4-6-8-14/h5,7-11,18-19,30H,4,6,12-13H2,1-3H3/t18-,19+/m0/s1. The highest BCUT2D eigenvalue weighted by molar-refractivity contribution is 5.87. The number of hydrogen-bond acceptors (Lipinski definition) is 2. The Hall–Kier alpha value is -2.29. The summed E-state index contributed by atoms with van der Waals surface area (Å²) < 4.78 is 79.8. The molecule has 1 aliphatic heterocycles. The van der Waals surface area contributed by atoms with Gasteiger partial charge in [0.05, 0.1) is 22.6 Å². The summed E-state index contributed by atoms with van der Waals surface area (Å²) in [6.45, 7) is 3.85. The predicted molar refractivity (Wildman–Crippen MR) is 109 cm³/mol. The topological polar surface area (TPSA) is 32.3 Å². The van der Waals surface area contributed by atoms with Gasteiger partial charge in [0.25, 0.3) is 0 Å². The van der Waals surface area contributed by atoms with Crippen molar-refractivity contribution >= 4 is 5.91 Å². The quantitative estimate of drug-likeness (QED) is 0.617. The van der Waals surface area contributed by atoms with Gasteiger partial charge in [0.15, 0.2) is 0 Å². The zero-order valence-corrected chi connectivity index (χ0v) is 18.1. The van der Waals surface area contributed by atoms with E-state index in [0.717, 1.165) is 18.4 Å². The number of carbonyl (C=O) groups is 1. The molecule has 3 nitrogen and oxygen atoms in total. The van der Waals surface area contributed by atoms with Gasteiger partial charge in [0, 0.05) is 26.1 Å².